The summed E-state index contributed by atoms with van der Waals surface area (Å²) in [6, 6.07) is 1.50. The molecule has 0 spiro atoms. The number of phenolic OH excluding ortho intramolecular Hbond substituents is 1. The second-order valence-electron chi connectivity index (χ2n) is 3.64. The molecule has 0 fully saturated rings. The summed E-state index contributed by atoms with van der Waals surface area (Å²) in [6.07, 6.45) is 0.476. The number of carbonyl (C=O) groups excluding carboxylic acids is 2. The Kier molecular flexibility index (Phi) is 3.13. The maximum Gasteiger partial charge on any atom is 0.342 e. The Morgan fingerprint density at radius 3 is 2.78 bits per heavy atom. The number of fused-ring (bicyclic) bond motifs is 1. The number of hydrogen-bond donors (Lipinski definition) is 1. The number of phenols is 1. The van der Waals surface area contributed by atoms with Crippen LogP contribution in [0.3, 0.4) is 0 Å². The molecule has 0 bridgehead atoms. The minimum atomic E-state index is -0.615. The van der Waals surface area contributed by atoms with Gasteiger partial charge in [-0.2, -0.15) is 0 Å². The number of esters is 1. The molecule has 0 aliphatic heterocycles. The fourth-order valence-corrected chi connectivity index (χ4v) is 2.25. The first-order chi connectivity index (χ1) is 8.51. The van der Waals surface area contributed by atoms with Gasteiger partial charge < -0.3 is 14.3 Å². The molecule has 0 radical (unpaired) electrons. The van der Waals surface area contributed by atoms with Crippen LogP contribution < -0.4 is 0 Å². The van der Waals surface area contributed by atoms with Gasteiger partial charge in [0.1, 0.15) is 22.7 Å². The SMILES string of the molecule is COC(=O)c1c(C)oc2cc(Br)c(O)c(C=O)c12. The van der Waals surface area contributed by atoms with E-state index in [1.54, 1.807) is 6.92 Å². The van der Waals surface area contributed by atoms with E-state index in [0.29, 0.717) is 22.1 Å². The van der Waals surface area contributed by atoms with Gasteiger partial charge in [-0.05, 0) is 28.9 Å². The maximum atomic E-state index is 11.7. The average molecular weight is 313 g/mol. The normalized spacial score (nSPS) is 10.6. The van der Waals surface area contributed by atoms with Crippen LogP contribution in [0.5, 0.6) is 5.75 Å². The molecule has 0 aliphatic rings. The highest BCUT2D eigenvalue weighted by Crippen LogP contribution is 2.38. The van der Waals surface area contributed by atoms with E-state index in [9.17, 15) is 14.7 Å². The molecule has 1 N–H and O–H groups in total. The van der Waals surface area contributed by atoms with E-state index < -0.39 is 5.97 Å². The van der Waals surface area contributed by atoms with E-state index in [1.165, 1.54) is 13.2 Å². The van der Waals surface area contributed by atoms with Crippen molar-refractivity contribution in [3.63, 3.8) is 0 Å². The van der Waals surface area contributed by atoms with Crippen molar-refractivity contribution in [3.05, 3.63) is 27.4 Å². The van der Waals surface area contributed by atoms with E-state index in [-0.39, 0.29) is 22.3 Å². The van der Waals surface area contributed by atoms with Gasteiger partial charge in [-0.3, -0.25) is 4.79 Å². The smallest absolute Gasteiger partial charge is 0.342 e. The minimum absolute atomic E-state index is 0.00312. The number of halogens is 1. The lowest BCUT2D eigenvalue weighted by atomic mass is 10.0. The van der Waals surface area contributed by atoms with Gasteiger partial charge in [-0.1, -0.05) is 0 Å². The summed E-state index contributed by atoms with van der Waals surface area (Å²) < 4.78 is 10.4. The molecule has 0 aliphatic carbocycles. The topological polar surface area (TPSA) is 76.7 Å². The lowest BCUT2D eigenvalue weighted by Crippen LogP contribution is -2.03. The zero-order valence-corrected chi connectivity index (χ0v) is 11.2. The molecule has 6 heteroatoms. The molecule has 1 heterocycles. The van der Waals surface area contributed by atoms with Crippen LogP contribution in [0.15, 0.2) is 15.0 Å². The number of methoxy groups -OCH3 is 1. The third-order valence-corrected chi connectivity index (χ3v) is 3.23. The lowest BCUT2D eigenvalue weighted by Gasteiger charge is -2.03. The molecular formula is C12H9BrO5. The van der Waals surface area contributed by atoms with E-state index in [1.807, 2.05) is 0 Å². The van der Waals surface area contributed by atoms with Gasteiger partial charge in [0, 0.05) is 5.39 Å². The summed E-state index contributed by atoms with van der Waals surface area (Å²) in [5.74, 6) is -0.517. The number of aromatic hydroxyl groups is 1. The predicted octanol–water partition coefficient (Wildman–Crippen LogP) is 2.81. The van der Waals surface area contributed by atoms with Crippen molar-refractivity contribution in [2.75, 3.05) is 7.11 Å². The largest absolute Gasteiger partial charge is 0.506 e. The van der Waals surface area contributed by atoms with Crippen LogP contribution in [0.25, 0.3) is 11.0 Å². The predicted molar refractivity (Wildman–Crippen MR) is 67.0 cm³/mol. The molecule has 2 rings (SSSR count). The molecule has 5 nitrogen and oxygen atoms in total. The number of hydrogen-bond acceptors (Lipinski definition) is 5. The number of aryl methyl sites for hydroxylation is 1. The second-order valence-corrected chi connectivity index (χ2v) is 4.49. The number of aldehydes is 1. The molecule has 1 aromatic heterocycles. The number of rotatable bonds is 2. The van der Waals surface area contributed by atoms with Crippen molar-refractivity contribution in [2.24, 2.45) is 0 Å². The lowest BCUT2D eigenvalue weighted by molar-refractivity contribution is 0.0600. The van der Waals surface area contributed by atoms with Crippen LogP contribution in [-0.4, -0.2) is 24.5 Å². The Balaban J connectivity index is 2.96. The summed E-state index contributed by atoms with van der Waals surface area (Å²) >= 11 is 3.11. The summed E-state index contributed by atoms with van der Waals surface area (Å²) in [7, 11) is 1.24. The molecule has 0 amide bonds. The first kappa shape index (κ1) is 12.6. The Bertz CT molecular complexity index is 656. The maximum absolute atomic E-state index is 11.7. The van der Waals surface area contributed by atoms with Gasteiger partial charge in [0.2, 0.25) is 0 Å². The zero-order valence-electron chi connectivity index (χ0n) is 9.61. The fourth-order valence-electron chi connectivity index (χ4n) is 1.83. The third-order valence-electron chi connectivity index (χ3n) is 2.63. The van der Waals surface area contributed by atoms with E-state index >= 15 is 0 Å². The first-order valence-corrected chi connectivity index (χ1v) is 5.78. The summed E-state index contributed by atoms with van der Waals surface area (Å²) in [5.41, 5.74) is 0.480. The quantitative estimate of drug-likeness (QED) is 0.681. The van der Waals surface area contributed by atoms with E-state index in [4.69, 9.17) is 4.42 Å². The second kappa shape index (κ2) is 4.45. The molecule has 18 heavy (non-hydrogen) atoms. The molecular weight excluding hydrogens is 304 g/mol. The van der Waals surface area contributed by atoms with Crippen LogP contribution in [0.2, 0.25) is 0 Å². The monoisotopic (exact) mass is 312 g/mol. The number of carbonyl (C=O) groups is 2. The highest BCUT2D eigenvalue weighted by atomic mass is 79.9. The van der Waals surface area contributed by atoms with Crippen molar-refractivity contribution in [2.45, 2.75) is 6.92 Å². The summed E-state index contributed by atoms with van der Waals surface area (Å²) in [5, 5.41) is 10.1. The minimum Gasteiger partial charge on any atom is -0.506 e. The molecule has 0 unspecified atom stereocenters. The Hall–Kier alpha value is -1.82. The van der Waals surface area contributed by atoms with Gasteiger partial charge in [0.15, 0.2) is 6.29 Å². The van der Waals surface area contributed by atoms with Gasteiger partial charge in [-0.15, -0.1) is 0 Å². The van der Waals surface area contributed by atoms with Crippen molar-refractivity contribution in [3.8, 4) is 5.75 Å². The Labute approximate surface area is 110 Å². The van der Waals surface area contributed by atoms with Gasteiger partial charge in [-0.25, -0.2) is 4.79 Å². The average Bonchev–Trinajstić information content (AvgIpc) is 2.66. The zero-order chi connectivity index (χ0) is 13.4. The molecule has 2 aromatic rings. The number of benzene rings is 1. The molecule has 1 aromatic carbocycles. The Morgan fingerprint density at radius 1 is 1.56 bits per heavy atom. The summed E-state index contributed by atoms with van der Waals surface area (Å²) in [6.45, 7) is 1.59. The van der Waals surface area contributed by atoms with Crippen LogP contribution in [0.1, 0.15) is 26.5 Å². The molecule has 94 valence electrons. The van der Waals surface area contributed by atoms with Crippen LogP contribution in [-0.2, 0) is 4.74 Å². The van der Waals surface area contributed by atoms with Gasteiger partial charge in [0.25, 0.3) is 0 Å². The van der Waals surface area contributed by atoms with E-state index in [2.05, 4.69) is 20.7 Å². The van der Waals surface area contributed by atoms with Crippen LogP contribution in [0.4, 0.5) is 0 Å². The van der Waals surface area contributed by atoms with Gasteiger partial charge in [0.05, 0.1) is 17.1 Å². The van der Waals surface area contributed by atoms with Gasteiger partial charge >= 0.3 is 5.97 Å². The highest BCUT2D eigenvalue weighted by molar-refractivity contribution is 9.10. The molecule has 0 atom stereocenters. The molecule has 0 saturated carbocycles. The fraction of sp³-hybridized carbons (Fsp3) is 0.167. The number of ether oxygens (including phenoxy) is 1. The van der Waals surface area contributed by atoms with Crippen molar-refractivity contribution in [1.29, 1.82) is 0 Å². The highest BCUT2D eigenvalue weighted by Gasteiger charge is 2.24. The van der Waals surface area contributed by atoms with Crippen molar-refractivity contribution >= 4 is 39.2 Å². The van der Waals surface area contributed by atoms with Crippen molar-refractivity contribution in [1.82, 2.24) is 0 Å². The molecule has 0 saturated heterocycles. The third kappa shape index (κ3) is 1.69. The summed E-state index contributed by atoms with van der Waals surface area (Å²) in [4.78, 5) is 22.8. The van der Waals surface area contributed by atoms with E-state index in [0.717, 1.165) is 0 Å². The Morgan fingerprint density at radius 2 is 2.22 bits per heavy atom. The van der Waals surface area contributed by atoms with Crippen molar-refractivity contribution < 1.29 is 23.8 Å². The number of furan rings is 1. The standard InChI is InChI=1S/C12H9BrO5/c1-5-9(12(16)17-2)10-6(4-14)11(15)7(13)3-8(10)18-5/h3-4,15H,1-2H3. The van der Waals surface area contributed by atoms with Crippen LogP contribution >= 0.6 is 15.9 Å². The van der Waals surface area contributed by atoms with Crippen LogP contribution in [0, 0.1) is 6.92 Å². The first-order valence-electron chi connectivity index (χ1n) is 4.99.